The van der Waals surface area contributed by atoms with Gasteiger partial charge in [0.05, 0.1) is 55.7 Å². The number of halogens is 1. The molecule has 3 heterocycles. The van der Waals surface area contributed by atoms with Crippen LogP contribution < -0.4 is 17.3 Å². The van der Waals surface area contributed by atoms with Crippen molar-refractivity contribution in [2.45, 2.75) is 0 Å². The number of fused-ring (bicyclic) bond motifs is 1. The molecule has 1 amide bonds. The predicted molar refractivity (Wildman–Crippen MR) is 97.5 cm³/mol. The monoisotopic (exact) mass is 368 g/mol. The molecule has 2 aromatic heterocycles. The second-order valence-electron chi connectivity index (χ2n) is 6.54. The van der Waals surface area contributed by atoms with Gasteiger partial charge in [0.15, 0.2) is 0 Å². The zero-order valence-corrected chi connectivity index (χ0v) is 15.4. The fourth-order valence-corrected chi connectivity index (χ4v) is 3.26. The van der Waals surface area contributed by atoms with Gasteiger partial charge >= 0.3 is 0 Å². The van der Waals surface area contributed by atoms with Gasteiger partial charge in [-0.15, -0.1) is 0 Å². The molecule has 1 aliphatic heterocycles. The van der Waals surface area contributed by atoms with E-state index in [0.29, 0.717) is 5.56 Å². The quantitative estimate of drug-likeness (QED) is 0.585. The van der Waals surface area contributed by atoms with E-state index in [2.05, 4.69) is 12.0 Å². The predicted octanol–water partition coefficient (Wildman–Crippen LogP) is -1.73. The molecule has 26 heavy (non-hydrogen) atoms. The number of hydrogen-bond donors (Lipinski definition) is 1. The number of nitrogens with one attached hydrogen (secondary N) is 1. The third kappa shape index (κ3) is 3.54. The van der Waals surface area contributed by atoms with E-state index < -0.39 is 0 Å². The average molecular weight is 369 g/mol. The summed E-state index contributed by atoms with van der Waals surface area (Å²) in [5.41, 5.74) is 3.06. The summed E-state index contributed by atoms with van der Waals surface area (Å²) in [5.74, 6) is 0.0864. The summed E-state index contributed by atoms with van der Waals surface area (Å²) in [6, 6.07) is 15.4. The van der Waals surface area contributed by atoms with Crippen LogP contribution in [0.25, 0.3) is 22.3 Å². The van der Waals surface area contributed by atoms with Crippen LogP contribution in [-0.2, 0) is 0 Å². The molecule has 0 aliphatic carbocycles. The van der Waals surface area contributed by atoms with Crippen LogP contribution in [0.4, 0.5) is 0 Å². The smallest absolute Gasteiger partial charge is 0.255 e. The zero-order valence-electron chi connectivity index (χ0n) is 14.7. The molecule has 3 aromatic rings. The lowest BCUT2D eigenvalue weighted by atomic mass is 10.0. The molecule has 0 radical (unpaired) electrons. The molecule has 1 N–H and O–H groups in total. The van der Waals surface area contributed by atoms with Gasteiger partial charge in [-0.2, -0.15) is 0 Å². The first kappa shape index (κ1) is 18.3. The number of nitrogens with zero attached hydrogens (tertiary/aromatic N) is 3. The standard InChI is InChI=1S/C20H20N4O.ClH/c1-23-10-12-24(13-11-23)20(25)16-14-19(18-8-4-5-9-21-18)22-17-7-3-2-6-15(16)17;/h2-9,14H,10-13H2,1H3;1H. The normalized spacial score (nSPS) is 14.9. The van der Waals surface area contributed by atoms with E-state index in [1.807, 2.05) is 53.4 Å². The van der Waals surface area contributed by atoms with E-state index in [-0.39, 0.29) is 18.3 Å². The molecule has 1 aromatic carbocycles. The highest BCUT2D eigenvalue weighted by Crippen LogP contribution is 2.24. The maximum atomic E-state index is 13.2. The Morgan fingerprint density at radius 2 is 1.77 bits per heavy atom. The van der Waals surface area contributed by atoms with Crippen molar-refractivity contribution in [3.63, 3.8) is 0 Å². The van der Waals surface area contributed by atoms with Crippen molar-refractivity contribution in [1.29, 1.82) is 0 Å². The van der Waals surface area contributed by atoms with Crippen molar-refractivity contribution >= 4 is 16.8 Å². The number of benzene rings is 1. The van der Waals surface area contributed by atoms with Gasteiger partial charge in [0.1, 0.15) is 0 Å². The summed E-state index contributed by atoms with van der Waals surface area (Å²) < 4.78 is 0. The lowest BCUT2D eigenvalue weighted by Gasteiger charge is -2.30. The SMILES string of the molecule is C[NH+]1CCN(C(=O)c2cc(-c3ccccn3)nc3ccccc23)CC1.[Cl-]. The minimum Gasteiger partial charge on any atom is -1.00 e. The number of hydrogen-bond acceptors (Lipinski definition) is 3. The molecule has 0 saturated carbocycles. The van der Waals surface area contributed by atoms with Crippen LogP contribution in [0.3, 0.4) is 0 Å². The molecule has 1 fully saturated rings. The first-order valence-electron chi connectivity index (χ1n) is 8.64. The van der Waals surface area contributed by atoms with Crippen LogP contribution in [0.2, 0.25) is 0 Å². The van der Waals surface area contributed by atoms with Gasteiger partial charge in [-0.05, 0) is 24.3 Å². The number of rotatable bonds is 2. The number of amides is 1. The molecule has 0 unspecified atom stereocenters. The van der Waals surface area contributed by atoms with Crippen molar-refractivity contribution in [3.8, 4) is 11.4 Å². The lowest BCUT2D eigenvalue weighted by molar-refractivity contribution is -0.883. The number of likely N-dealkylation sites (N-methyl/N-ethyl adjacent to an activating group) is 1. The molecule has 6 heteroatoms. The minimum absolute atomic E-state index is 0. The van der Waals surface area contributed by atoms with Crippen molar-refractivity contribution in [2.75, 3.05) is 33.2 Å². The largest absolute Gasteiger partial charge is 1.00 e. The fraction of sp³-hybridized carbons (Fsp3) is 0.250. The molecule has 0 atom stereocenters. The van der Waals surface area contributed by atoms with E-state index >= 15 is 0 Å². The number of aromatic nitrogens is 2. The third-order valence-electron chi connectivity index (χ3n) is 4.78. The highest BCUT2D eigenvalue weighted by Gasteiger charge is 2.24. The van der Waals surface area contributed by atoms with Gasteiger partial charge < -0.3 is 22.2 Å². The van der Waals surface area contributed by atoms with E-state index in [1.54, 1.807) is 6.20 Å². The summed E-state index contributed by atoms with van der Waals surface area (Å²) >= 11 is 0. The van der Waals surface area contributed by atoms with Crippen LogP contribution in [0.15, 0.2) is 54.7 Å². The van der Waals surface area contributed by atoms with Gasteiger partial charge in [0, 0.05) is 11.6 Å². The van der Waals surface area contributed by atoms with Gasteiger partial charge in [0.2, 0.25) is 0 Å². The van der Waals surface area contributed by atoms with E-state index in [0.717, 1.165) is 48.5 Å². The Balaban J connectivity index is 0.00000196. The first-order chi connectivity index (χ1) is 12.2. The van der Waals surface area contributed by atoms with Crippen molar-refractivity contribution in [3.05, 3.63) is 60.3 Å². The molecular weight excluding hydrogens is 348 g/mol. The number of carbonyl (C=O) groups is 1. The van der Waals surface area contributed by atoms with E-state index in [9.17, 15) is 4.79 Å². The number of pyridine rings is 2. The topological polar surface area (TPSA) is 50.5 Å². The van der Waals surface area contributed by atoms with Crippen molar-refractivity contribution < 1.29 is 22.1 Å². The van der Waals surface area contributed by atoms with Gasteiger partial charge in [-0.1, -0.05) is 24.3 Å². The van der Waals surface area contributed by atoms with E-state index in [4.69, 9.17) is 4.98 Å². The summed E-state index contributed by atoms with van der Waals surface area (Å²) in [5, 5.41) is 0.901. The Morgan fingerprint density at radius 3 is 2.50 bits per heavy atom. The Morgan fingerprint density at radius 1 is 1.04 bits per heavy atom. The molecule has 0 bridgehead atoms. The number of carbonyl (C=O) groups excluding carboxylic acids is 1. The van der Waals surface area contributed by atoms with Gasteiger partial charge in [-0.3, -0.25) is 9.78 Å². The summed E-state index contributed by atoms with van der Waals surface area (Å²) in [7, 11) is 2.17. The van der Waals surface area contributed by atoms with Crippen molar-refractivity contribution in [1.82, 2.24) is 14.9 Å². The molecule has 0 spiro atoms. The van der Waals surface area contributed by atoms with E-state index in [1.165, 1.54) is 4.90 Å². The Hall–Kier alpha value is -2.50. The molecule has 134 valence electrons. The van der Waals surface area contributed by atoms with Crippen LogP contribution >= 0.6 is 0 Å². The number of para-hydroxylation sites is 1. The molecular formula is C20H21ClN4O. The maximum absolute atomic E-state index is 13.2. The number of piperazine rings is 1. The summed E-state index contributed by atoms with van der Waals surface area (Å²) in [4.78, 5) is 25.7. The average Bonchev–Trinajstić information content (AvgIpc) is 2.68. The third-order valence-corrected chi connectivity index (χ3v) is 4.78. The van der Waals surface area contributed by atoms with Crippen LogP contribution in [-0.4, -0.2) is 54.0 Å². The summed E-state index contributed by atoms with van der Waals surface area (Å²) in [6.07, 6.45) is 1.75. The Kier molecular flexibility index (Phi) is 5.49. The van der Waals surface area contributed by atoms with Crippen LogP contribution in [0.1, 0.15) is 10.4 Å². The second-order valence-corrected chi connectivity index (χ2v) is 6.54. The van der Waals surface area contributed by atoms with Gasteiger partial charge in [-0.25, -0.2) is 4.98 Å². The molecule has 1 aliphatic rings. The highest BCUT2D eigenvalue weighted by molar-refractivity contribution is 6.07. The van der Waals surface area contributed by atoms with Crippen molar-refractivity contribution in [2.24, 2.45) is 0 Å². The molecule has 4 rings (SSSR count). The van der Waals surface area contributed by atoms with Crippen LogP contribution in [0.5, 0.6) is 0 Å². The maximum Gasteiger partial charge on any atom is 0.255 e. The lowest BCUT2D eigenvalue weighted by Crippen LogP contribution is -3.12. The second kappa shape index (κ2) is 7.81. The first-order valence-corrected chi connectivity index (χ1v) is 8.64. The number of quaternary nitrogens is 1. The molecule has 5 nitrogen and oxygen atoms in total. The highest BCUT2D eigenvalue weighted by atomic mass is 35.5. The summed E-state index contributed by atoms with van der Waals surface area (Å²) in [6.45, 7) is 3.56. The Bertz CT molecular complexity index is 908. The van der Waals surface area contributed by atoms with Crippen LogP contribution in [0, 0.1) is 0 Å². The fourth-order valence-electron chi connectivity index (χ4n) is 3.26. The Labute approximate surface area is 159 Å². The minimum atomic E-state index is 0. The zero-order chi connectivity index (χ0) is 17.2. The van der Waals surface area contributed by atoms with Gasteiger partial charge in [0.25, 0.3) is 5.91 Å². The molecule has 1 saturated heterocycles.